The van der Waals surface area contributed by atoms with Gasteiger partial charge in [-0.2, -0.15) is 0 Å². The van der Waals surface area contributed by atoms with E-state index in [4.69, 9.17) is 16.3 Å². The molecule has 78 valence electrons. The van der Waals surface area contributed by atoms with Crippen LogP contribution in [0.25, 0.3) is 0 Å². The summed E-state index contributed by atoms with van der Waals surface area (Å²) in [5.74, 6) is -0.270. The van der Waals surface area contributed by atoms with E-state index in [9.17, 15) is 4.79 Å². The SMILES string of the molecule is COC(=O)C(c1ccc(Cl)s1)N(C)C. The summed E-state index contributed by atoms with van der Waals surface area (Å²) in [6, 6.07) is 3.26. The Kier molecular flexibility index (Phi) is 3.92. The van der Waals surface area contributed by atoms with Crippen molar-refractivity contribution >= 4 is 28.9 Å². The summed E-state index contributed by atoms with van der Waals surface area (Å²) in [7, 11) is 5.04. The lowest BCUT2D eigenvalue weighted by atomic mass is 10.2. The maximum Gasteiger partial charge on any atom is 0.328 e. The van der Waals surface area contributed by atoms with Gasteiger partial charge in [0.2, 0.25) is 0 Å². The maximum atomic E-state index is 11.5. The number of carbonyl (C=O) groups is 1. The molecule has 1 unspecified atom stereocenters. The molecule has 0 aliphatic carbocycles. The van der Waals surface area contributed by atoms with Crippen LogP contribution >= 0.6 is 22.9 Å². The van der Waals surface area contributed by atoms with Gasteiger partial charge in [0.15, 0.2) is 0 Å². The van der Waals surface area contributed by atoms with Gasteiger partial charge in [-0.15, -0.1) is 11.3 Å². The predicted octanol–water partition coefficient (Wildman–Crippen LogP) is 2.18. The molecule has 0 spiro atoms. The van der Waals surface area contributed by atoms with Crippen molar-refractivity contribution in [2.24, 2.45) is 0 Å². The molecule has 0 saturated carbocycles. The van der Waals surface area contributed by atoms with Gasteiger partial charge in [-0.1, -0.05) is 11.6 Å². The van der Waals surface area contributed by atoms with Crippen molar-refractivity contribution < 1.29 is 9.53 Å². The Hall–Kier alpha value is -0.580. The molecule has 1 atom stereocenters. The topological polar surface area (TPSA) is 29.5 Å². The predicted molar refractivity (Wildman–Crippen MR) is 57.8 cm³/mol. The summed E-state index contributed by atoms with van der Waals surface area (Å²) < 4.78 is 5.40. The van der Waals surface area contributed by atoms with E-state index in [0.29, 0.717) is 4.34 Å². The molecular weight excluding hydrogens is 222 g/mol. The number of esters is 1. The number of ether oxygens (including phenoxy) is 1. The van der Waals surface area contributed by atoms with Crippen LogP contribution in [0.3, 0.4) is 0 Å². The third-order valence-corrected chi connectivity index (χ3v) is 3.09. The molecule has 0 amide bonds. The van der Waals surface area contributed by atoms with E-state index in [2.05, 4.69) is 0 Å². The summed E-state index contributed by atoms with van der Waals surface area (Å²) in [6.07, 6.45) is 0. The van der Waals surface area contributed by atoms with Crippen molar-refractivity contribution in [2.45, 2.75) is 6.04 Å². The molecule has 14 heavy (non-hydrogen) atoms. The monoisotopic (exact) mass is 233 g/mol. The molecule has 0 bridgehead atoms. The van der Waals surface area contributed by atoms with E-state index in [1.165, 1.54) is 18.4 Å². The first-order chi connectivity index (χ1) is 6.56. The molecule has 1 rings (SSSR count). The lowest BCUT2D eigenvalue weighted by Crippen LogP contribution is -2.27. The summed E-state index contributed by atoms with van der Waals surface area (Å²) in [6.45, 7) is 0. The van der Waals surface area contributed by atoms with Crippen molar-refractivity contribution in [1.29, 1.82) is 0 Å². The minimum atomic E-state index is -0.363. The average molecular weight is 234 g/mol. The Balaban J connectivity index is 2.94. The second kappa shape index (κ2) is 4.77. The highest BCUT2D eigenvalue weighted by atomic mass is 35.5. The van der Waals surface area contributed by atoms with Crippen LogP contribution in [0.15, 0.2) is 12.1 Å². The molecule has 3 nitrogen and oxygen atoms in total. The van der Waals surface area contributed by atoms with Gasteiger partial charge in [0, 0.05) is 4.88 Å². The third kappa shape index (κ3) is 2.47. The molecule has 0 fully saturated rings. The van der Waals surface area contributed by atoms with Crippen LogP contribution in [0.4, 0.5) is 0 Å². The number of likely N-dealkylation sites (N-methyl/N-ethyl adjacent to an activating group) is 1. The fraction of sp³-hybridized carbons (Fsp3) is 0.444. The molecule has 0 radical (unpaired) electrons. The normalized spacial score (nSPS) is 12.9. The molecule has 1 aromatic rings. The van der Waals surface area contributed by atoms with Gasteiger partial charge in [0.1, 0.15) is 6.04 Å². The summed E-state index contributed by atoms with van der Waals surface area (Å²) in [5.41, 5.74) is 0. The van der Waals surface area contributed by atoms with E-state index in [0.717, 1.165) is 4.88 Å². The van der Waals surface area contributed by atoms with Gasteiger partial charge in [-0.05, 0) is 26.2 Å². The van der Waals surface area contributed by atoms with Gasteiger partial charge in [0.25, 0.3) is 0 Å². The van der Waals surface area contributed by atoms with Gasteiger partial charge >= 0.3 is 5.97 Å². The minimum Gasteiger partial charge on any atom is -0.468 e. The summed E-state index contributed by atoms with van der Waals surface area (Å²) >= 11 is 7.20. The maximum absolute atomic E-state index is 11.5. The van der Waals surface area contributed by atoms with Crippen molar-refractivity contribution in [2.75, 3.05) is 21.2 Å². The lowest BCUT2D eigenvalue weighted by Gasteiger charge is -2.20. The van der Waals surface area contributed by atoms with Crippen LogP contribution < -0.4 is 0 Å². The molecule has 0 N–H and O–H groups in total. The molecule has 0 aromatic carbocycles. The molecule has 1 heterocycles. The second-order valence-corrected chi connectivity index (χ2v) is 4.78. The number of thiophene rings is 1. The Morgan fingerprint density at radius 2 is 2.21 bits per heavy atom. The van der Waals surface area contributed by atoms with Gasteiger partial charge in [-0.25, -0.2) is 4.79 Å². The molecule has 0 aliphatic rings. The van der Waals surface area contributed by atoms with Crippen LogP contribution in [-0.2, 0) is 9.53 Å². The van der Waals surface area contributed by atoms with E-state index in [1.54, 1.807) is 11.0 Å². The number of hydrogen-bond acceptors (Lipinski definition) is 4. The summed E-state index contributed by atoms with van der Waals surface area (Å²) in [4.78, 5) is 14.2. The number of hydrogen-bond donors (Lipinski definition) is 0. The number of nitrogens with zero attached hydrogens (tertiary/aromatic N) is 1. The number of rotatable bonds is 3. The standard InChI is InChI=1S/C9H12ClNO2S/c1-11(2)8(9(12)13-3)6-4-5-7(10)14-6/h4-5,8H,1-3H3. The zero-order chi connectivity index (χ0) is 10.7. The third-order valence-electron chi connectivity index (χ3n) is 1.80. The van der Waals surface area contributed by atoms with E-state index >= 15 is 0 Å². The zero-order valence-electron chi connectivity index (χ0n) is 8.28. The van der Waals surface area contributed by atoms with Gasteiger partial charge in [-0.3, -0.25) is 4.90 Å². The highest BCUT2D eigenvalue weighted by Gasteiger charge is 2.25. The fourth-order valence-corrected chi connectivity index (χ4v) is 2.41. The lowest BCUT2D eigenvalue weighted by molar-refractivity contribution is -0.146. The molecule has 0 aliphatic heterocycles. The zero-order valence-corrected chi connectivity index (χ0v) is 9.85. The van der Waals surface area contributed by atoms with Crippen LogP contribution in [0.5, 0.6) is 0 Å². The van der Waals surface area contributed by atoms with Crippen molar-refractivity contribution in [1.82, 2.24) is 4.90 Å². The average Bonchev–Trinajstić information content (AvgIpc) is 2.51. The van der Waals surface area contributed by atoms with Crippen LogP contribution in [0, 0.1) is 0 Å². The Labute approximate surface area is 92.2 Å². The molecular formula is C9H12ClNO2S. The highest BCUT2D eigenvalue weighted by molar-refractivity contribution is 7.16. The number of carbonyl (C=O) groups excluding carboxylic acids is 1. The first kappa shape index (κ1) is 11.5. The Bertz CT molecular complexity index is 324. The van der Waals surface area contributed by atoms with E-state index < -0.39 is 0 Å². The van der Waals surface area contributed by atoms with Crippen LogP contribution in [-0.4, -0.2) is 32.1 Å². The van der Waals surface area contributed by atoms with Crippen LogP contribution in [0.2, 0.25) is 4.34 Å². The van der Waals surface area contributed by atoms with Crippen molar-refractivity contribution in [3.63, 3.8) is 0 Å². The van der Waals surface area contributed by atoms with Crippen molar-refractivity contribution in [3.8, 4) is 0 Å². The molecule has 5 heteroatoms. The number of methoxy groups -OCH3 is 1. The first-order valence-corrected chi connectivity index (χ1v) is 5.25. The molecule has 0 saturated heterocycles. The van der Waals surface area contributed by atoms with Gasteiger partial charge < -0.3 is 4.74 Å². The number of halogens is 1. The fourth-order valence-electron chi connectivity index (χ4n) is 1.17. The quantitative estimate of drug-likeness (QED) is 0.750. The molecule has 1 aromatic heterocycles. The smallest absolute Gasteiger partial charge is 0.328 e. The van der Waals surface area contributed by atoms with E-state index in [-0.39, 0.29) is 12.0 Å². The largest absolute Gasteiger partial charge is 0.468 e. The Morgan fingerprint density at radius 1 is 1.57 bits per heavy atom. The minimum absolute atomic E-state index is 0.270. The summed E-state index contributed by atoms with van der Waals surface area (Å²) in [5, 5.41) is 0. The highest BCUT2D eigenvalue weighted by Crippen LogP contribution is 2.29. The van der Waals surface area contributed by atoms with Crippen molar-refractivity contribution in [3.05, 3.63) is 21.3 Å². The van der Waals surface area contributed by atoms with E-state index in [1.807, 2.05) is 20.2 Å². The van der Waals surface area contributed by atoms with Gasteiger partial charge in [0.05, 0.1) is 11.4 Å². The Morgan fingerprint density at radius 3 is 2.57 bits per heavy atom. The second-order valence-electron chi connectivity index (χ2n) is 3.03. The first-order valence-electron chi connectivity index (χ1n) is 4.05. The van der Waals surface area contributed by atoms with Crippen LogP contribution in [0.1, 0.15) is 10.9 Å².